The molecule has 2 saturated heterocycles. The number of rotatable bonds is 8. The predicted molar refractivity (Wildman–Crippen MR) is 129 cm³/mol. The summed E-state index contributed by atoms with van der Waals surface area (Å²) in [5, 5.41) is 7.86. The minimum Gasteiger partial charge on any atom is -0.478 e. The molecular weight excluding hydrogens is 514 g/mol. The molecule has 1 aromatic carbocycles. The van der Waals surface area contributed by atoms with Gasteiger partial charge in [-0.3, -0.25) is 14.4 Å². The van der Waals surface area contributed by atoms with Crippen molar-refractivity contribution in [3.63, 3.8) is 0 Å². The molecule has 13 heteroatoms. The summed E-state index contributed by atoms with van der Waals surface area (Å²) in [5.74, 6) is -5.26. The highest BCUT2D eigenvalue weighted by molar-refractivity contribution is 5.85. The van der Waals surface area contributed by atoms with E-state index in [9.17, 15) is 36.7 Å². The second-order valence-electron chi connectivity index (χ2n) is 9.29. The number of hydrogen-bond donors (Lipinski definition) is 2. The van der Waals surface area contributed by atoms with Crippen molar-refractivity contribution >= 4 is 24.3 Å². The first-order valence-corrected chi connectivity index (χ1v) is 11.4. The molecule has 2 heterocycles. The molecule has 2 aliphatic rings. The topological polar surface area (TPSA) is 130 Å². The summed E-state index contributed by atoms with van der Waals surface area (Å²) in [6.45, 7) is 3.76. The standard InChI is InChI=1S/C20H25F4N3O2.C4H4O4.CH4/c1-20(2,24)19(29)26-9-11-3-4-27(17(11)10-26)18(28)7-13(25)5-12-6-15(22)16(23)8-14(12)21;5-3-8-2-1-4(6)7;/h6,8,11,13,17H,3-5,7,9-10,25H2,1-2H3;1-3H,(H,6,7);1H4/b;2-1+;/t11-,13+,17+;;/m0../s1. The van der Waals surface area contributed by atoms with E-state index in [0.717, 1.165) is 12.3 Å². The van der Waals surface area contributed by atoms with Crippen molar-refractivity contribution in [3.8, 4) is 0 Å². The number of aliphatic carboxylic acids is 1. The molecule has 0 saturated carbocycles. The average Bonchev–Trinajstić information content (AvgIpc) is 3.37. The molecule has 0 radical (unpaired) electrons. The first kappa shape index (κ1) is 32.5. The molecule has 3 rings (SSSR count). The molecule has 3 atom stereocenters. The largest absolute Gasteiger partial charge is 0.478 e. The van der Waals surface area contributed by atoms with E-state index in [4.69, 9.17) is 10.8 Å². The zero-order chi connectivity index (χ0) is 27.9. The van der Waals surface area contributed by atoms with Gasteiger partial charge in [0.25, 0.3) is 12.4 Å². The number of carboxylic acids is 1. The predicted octanol–water partition coefficient (Wildman–Crippen LogP) is 2.56. The van der Waals surface area contributed by atoms with Crippen molar-refractivity contribution in [1.82, 2.24) is 9.80 Å². The highest BCUT2D eigenvalue weighted by atomic mass is 19.2. The lowest BCUT2D eigenvalue weighted by Crippen LogP contribution is -2.45. The third-order valence-electron chi connectivity index (χ3n) is 6.02. The molecule has 0 unspecified atom stereocenters. The van der Waals surface area contributed by atoms with Crippen molar-refractivity contribution in [2.45, 2.75) is 58.3 Å². The summed E-state index contributed by atoms with van der Waals surface area (Å²) >= 11 is 0. The first-order valence-electron chi connectivity index (χ1n) is 11.4. The van der Waals surface area contributed by atoms with Gasteiger partial charge in [0.1, 0.15) is 12.1 Å². The number of likely N-dealkylation sites (tertiary alicyclic amines) is 2. The minimum atomic E-state index is -1.97. The fraction of sp³-hybridized carbons (Fsp3) is 0.520. The number of alkyl halides is 1. The van der Waals surface area contributed by atoms with Crippen molar-refractivity contribution in [3.05, 3.63) is 47.5 Å². The Labute approximate surface area is 218 Å². The molecule has 9 nitrogen and oxygen atoms in total. The Bertz CT molecular complexity index is 1050. The number of carbonyl (C=O) groups is 4. The molecule has 0 aromatic heterocycles. The molecule has 0 spiro atoms. The lowest BCUT2D eigenvalue weighted by Gasteiger charge is -2.27. The van der Waals surface area contributed by atoms with Gasteiger partial charge in [-0.15, -0.1) is 0 Å². The summed E-state index contributed by atoms with van der Waals surface area (Å²) in [7, 11) is 0. The van der Waals surface area contributed by atoms with Crippen LogP contribution in [-0.4, -0.2) is 76.5 Å². The molecule has 0 aliphatic carbocycles. The van der Waals surface area contributed by atoms with E-state index in [1.54, 1.807) is 4.90 Å². The van der Waals surface area contributed by atoms with E-state index in [-0.39, 0.29) is 56.7 Å². The number of nitrogens with zero attached hydrogens (tertiary/aromatic N) is 2. The third kappa shape index (κ3) is 8.82. The summed E-state index contributed by atoms with van der Waals surface area (Å²) in [5.41, 5.74) is 3.90. The van der Waals surface area contributed by atoms with E-state index in [2.05, 4.69) is 4.74 Å². The van der Waals surface area contributed by atoms with Crippen molar-refractivity contribution in [2.24, 2.45) is 11.7 Å². The highest BCUT2D eigenvalue weighted by Gasteiger charge is 2.47. The van der Waals surface area contributed by atoms with E-state index < -0.39 is 41.0 Å². The molecule has 38 heavy (non-hydrogen) atoms. The molecule has 2 aliphatic heterocycles. The summed E-state index contributed by atoms with van der Waals surface area (Å²) < 4.78 is 58.0. The van der Waals surface area contributed by atoms with Gasteiger partial charge in [0.05, 0.1) is 12.1 Å². The van der Waals surface area contributed by atoms with Gasteiger partial charge in [0, 0.05) is 44.1 Å². The van der Waals surface area contributed by atoms with Crippen LogP contribution in [-0.2, 0) is 30.3 Å². The van der Waals surface area contributed by atoms with Crippen LogP contribution in [0.1, 0.15) is 39.7 Å². The fourth-order valence-electron chi connectivity index (χ4n) is 4.36. The Morgan fingerprint density at radius 3 is 2.39 bits per heavy atom. The van der Waals surface area contributed by atoms with E-state index in [1.165, 1.54) is 18.7 Å². The van der Waals surface area contributed by atoms with Crippen LogP contribution in [0, 0.1) is 23.4 Å². The van der Waals surface area contributed by atoms with Crippen LogP contribution in [0.15, 0.2) is 24.5 Å². The molecule has 2 amide bonds. The zero-order valence-electron chi connectivity index (χ0n) is 20.3. The van der Waals surface area contributed by atoms with Gasteiger partial charge >= 0.3 is 5.97 Å². The monoisotopic (exact) mass is 547 g/mol. The third-order valence-corrected chi connectivity index (χ3v) is 6.02. The number of halogens is 4. The van der Waals surface area contributed by atoms with Crippen LogP contribution in [0.25, 0.3) is 0 Å². The number of carboxylic acid groups (broad SMARTS) is 1. The SMILES string of the molecule is C.CC(C)(F)C(=O)N1C[C@@H]2CCN(C(=O)C[C@H](N)Cc3cc(F)c(F)cc3F)[C@@H]2C1.O=CO/C=C/C(=O)O. The number of hydrogen-bond acceptors (Lipinski definition) is 6. The van der Waals surface area contributed by atoms with Gasteiger partial charge in [-0.1, -0.05) is 7.43 Å². The summed E-state index contributed by atoms with van der Waals surface area (Å²) in [4.78, 5) is 46.9. The van der Waals surface area contributed by atoms with Gasteiger partial charge in [-0.05, 0) is 38.3 Å². The Morgan fingerprint density at radius 1 is 1.18 bits per heavy atom. The molecule has 3 N–H and O–H groups in total. The fourth-order valence-corrected chi connectivity index (χ4v) is 4.36. The molecule has 212 valence electrons. The summed E-state index contributed by atoms with van der Waals surface area (Å²) in [6, 6.07) is 0.242. The van der Waals surface area contributed by atoms with E-state index in [0.29, 0.717) is 31.7 Å². The van der Waals surface area contributed by atoms with Crippen LogP contribution in [0.5, 0.6) is 0 Å². The zero-order valence-corrected chi connectivity index (χ0v) is 20.3. The number of amides is 2. The first-order chi connectivity index (χ1) is 17.2. The normalized spacial score (nSPS) is 19.2. The van der Waals surface area contributed by atoms with Gasteiger partial charge < -0.3 is 25.4 Å². The van der Waals surface area contributed by atoms with Gasteiger partial charge in [-0.25, -0.2) is 22.4 Å². The van der Waals surface area contributed by atoms with Crippen LogP contribution in [0.2, 0.25) is 0 Å². The van der Waals surface area contributed by atoms with Crippen LogP contribution in [0.3, 0.4) is 0 Å². The number of fused-ring (bicyclic) bond motifs is 1. The maximum absolute atomic E-state index is 14.0. The Hall–Kier alpha value is -3.48. The van der Waals surface area contributed by atoms with Crippen molar-refractivity contribution in [2.75, 3.05) is 19.6 Å². The Balaban J connectivity index is 0.000000699. The maximum atomic E-state index is 14.0. The maximum Gasteiger partial charge on any atom is 0.331 e. The molecule has 2 fully saturated rings. The second kappa shape index (κ2) is 13.9. The number of carbonyl (C=O) groups excluding carboxylic acids is 3. The highest BCUT2D eigenvalue weighted by Crippen LogP contribution is 2.33. The molecule has 1 aromatic rings. The van der Waals surface area contributed by atoms with E-state index >= 15 is 0 Å². The number of nitrogens with two attached hydrogens (primary N) is 1. The quantitative estimate of drug-likeness (QED) is 0.168. The molecular formula is C25H33F4N3O6. The van der Waals surface area contributed by atoms with Crippen LogP contribution in [0.4, 0.5) is 17.6 Å². The van der Waals surface area contributed by atoms with E-state index in [1.807, 2.05) is 0 Å². The average molecular weight is 548 g/mol. The minimum absolute atomic E-state index is 0. The summed E-state index contributed by atoms with van der Waals surface area (Å²) in [6.07, 6.45) is 2.01. The molecule has 0 bridgehead atoms. The van der Waals surface area contributed by atoms with Crippen molar-refractivity contribution in [1.29, 1.82) is 0 Å². The van der Waals surface area contributed by atoms with Crippen molar-refractivity contribution < 1.29 is 46.6 Å². The lowest BCUT2D eigenvalue weighted by molar-refractivity contribution is -0.142. The van der Waals surface area contributed by atoms with Gasteiger partial charge in [0.2, 0.25) is 5.91 Å². The lowest BCUT2D eigenvalue weighted by atomic mass is 10.0. The van der Waals surface area contributed by atoms with Crippen LogP contribution >= 0.6 is 0 Å². The smallest absolute Gasteiger partial charge is 0.331 e. The van der Waals surface area contributed by atoms with Gasteiger partial charge in [-0.2, -0.15) is 0 Å². The number of benzene rings is 1. The van der Waals surface area contributed by atoms with Crippen LogP contribution < -0.4 is 5.73 Å². The number of ether oxygens (including phenoxy) is 1. The second-order valence-corrected chi connectivity index (χ2v) is 9.29. The Kier molecular flexibility index (Phi) is 11.9. The van der Waals surface area contributed by atoms with Gasteiger partial charge in [0.15, 0.2) is 17.3 Å². The Morgan fingerprint density at radius 2 is 1.82 bits per heavy atom.